The van der Waals surface area contributed by atoms with Gasteiger partial charge in [-0.15, -0.1) is 0 Å². The van der Waals surface area contributed by atoms with E-state index in [9.17, 15) is 0 Å². The Hall–Kier alpha value is -0.0800. The number of hydrogen-bond donors (Lipinski definition) is 2. The molecule has 0 saturated heterocycles. The monoisotopic (exact) mass is 186 g/mol. The van der Waals surface area contributed by atoms with E-state index in [-0.39, 0.29) is 0 Å². The van der Waals surface area contributed by atoms with Gasteiger partial charge in [0.25, 0.3) is 0 Å². The van der Waals surface area contributed by atoms with Crippen LogP contribution >= 0.6 is 0 Å². The van der Waals surface area contributed by atoms with Crippen molar-refractivity contribution in [2.75, 3.05) is 0 Å². The van der Waals surface area contributed by atoms with Crippen LogP contribution in [0.4, 0.5) is 0 Å². The molecule has 0 fully saturated rings. The molecule has 0 saturated carbocycles. The standard InChI is InChI=1S/C11H26N2/c1-9(2)5-7-11(13-12)8-6-10(3)4/h9-11,13H,5-8,12H2,1-4H3. The molecule has 0 aliphatic carbocycles. The largest absolute Gasteiger partial charge is 0.271 e. The molecule has 0 bridgehead atoms. The Labute approximate surface area is 83.2 Å². The summed E-state index contributed by atoms with van der Waals surface area (Å²) >= 11 is 0. The molecule has 2 nitrogen and oxygen atoms in total. The molecule has 0 amide bonds. The van der Waals surface area contributed by atoms with Crippen LogP contribution in [0.1, 0.15) is 53.4 Å². The second-order valence-electron chi connectivity index (χ2n) is 4.81. The highest BCUT2D eigenvalue weighted by atomic mass is 15.2. The molecule has 0 spiro atoms. The van der Waals surface area contributed by atoms with E-state index in [1.165, 1.54) is 25.7 Å². The smallest absolute Gasteiger partial charge is 0.0210 e. The van der Waals surface area contributed by atoms with Gasteiger partial charge in [-0.05, 0) is 37.5 Å². The van der Waals surface area contributed by atoms with Crippen LogP contribution in [0, 0.1) is 11.8 Å². The topological polar surface area (TPSA) is 38.0 Å². The molecule has 0 aromatic heterocycles. The maximum Gasteiger partial charge on any atom is 0.0210 e. The van der Waals surface area contributed by atoms with Gasteiger partial charge in [0, 0.05) is 6.04 Å². The molecule has 3 N–H and O–H groups in total. The molecule has 13 heavy (non-hydrogen) atoms. The fourth-order valence-electron chi connectivity index (χ4n) is 1.38. The first-order valence-electron chi connectivity index (χ1n) is 5.52. The van der Waals surface area contributed by atoms with Crippen LogP contribution in [0.25, 0.3) is 0 Å². The molecule has 0 unspecified atom stereocenters. The Balaban J connectivity index is 3.51. The molecular formula is C11H26N2. The molecule has 0 aliphatic rings. The summed E-state index contributed by atoms with van der Waals surface area (Å²) in [5, 5.41) is 0. The summed E-state index contributed by atoms with van der Waals surface area (Å²) in [5.74, 6) is 7.07. The first-order valence-corrected chi connectivity index (χ1v) is 5.52. The van der Waals surface area contributed by atoms with Gasteiger partial charge in [0.05, 0.1) is 0 Å². The van der Waals surface area contributed by atoms with E-state index in [1.54, 1.807) is 0 Å². The summed E-state index contributed by atoms with van der Waals surface area (Å²) in [6.45, 7) is 9.04. The van der Waals surface area contributed by atoms with Crippen molar-refractivity contribution >= 4 is 0 Å². The third-order valence-electron chi connectivity index (χ3n) is 2.42. The molecule has 0 radical (unpaired) electrons. The average Bonchev–Trinajstić information content (AvgIpc) is 2.04. The molecular weight excluding hydrogens is 160 g/mol. The first-order chi connectivity index (χ1) is 6.06. The van der Waals surface area contributed by atoms with E-state index < -0.39 is 0 Å². The number of nitrogens with one attached hydrogen (secondary N) is 1. The lowest BCUT2D eigenvalue weighted by Gasteiger charge is -2.17. The number of hydrazine groups is 1. The first kappa shape index (κ1) is 12.9. The van der Waals surface area contributed by atoms with Crippen LogP contribution in [0.15, 0.2) is 0 Å². The maximum absolute atomic E-state index is 5.50. The highest BCUT2D eigenvalue weighted by Gasteiger charge is 2.08. The molecule has 80 valence electrons. The summed E-state index contributed by atoms with van der Waals surface area (Å²) in [6, 6.07) is 0.518. The van der Waals surface area contributed by atoms with Gasteiger partial charge in [0.15, 0.2) is 0 Å². The van der Waals surface area contributed by atoms with E-state index in [4.69, 9.17) is 5.84 Å². The van der Waals surface area contributed by atoms with Crippen molar-refractivity contribution in [1.82, 2.24) is 5.43 Å². The Morgan fingerprint density at radius 3 is 1.46 bits per heavy atom. The Morgan fingerprint density at radius 2 is 1.23 bits per heavy atom. The quantitative estimate of drug-likeness (QED) is 0.474. The van der Waals surface area contributed by atoms with Gasteiger partial charge >= 0.3 is 0 Å². The Morgan fingerprint density at radius 1 is 0.846 bits per heavy atom. The lowest BCUT2D eigenvalue weighted by Crippen LogP contribution is -2.35. The van der Waals surface area contributed by atoms with Crippen LogP contribution in [0.5, 0.6) is 0 Å². The van der Waals surface area contributed by atoms with Crippen molar-refractivity contribution in [3.63, 3.8) is 0 Å². The normalized spacial score (nSPS) is 12.0. The third kappa shape index (κ3) is 8.26. The van der Waals surface area contributed by atoms with Crippen molar-refractivity contribution in [2.24, 2.45) is 17.7 Å². The average molecular weight is 186 g/mol. The van der Waals surface area contributed by atoms with Crippen molar-refractivity contribution in [1.29, 1.82) is 0 Å². The number of nitrogens with two attached hydrogens (primary N) is 1. The van der Waals surface area contributed by atoms with Crippen LogP contribution in [0.2, 0.25) is 0 Å². The van der Waals surface area contributed by atoms with E-state index in [1.807, 2.05) is 0 Å². The summed E-state index contributed by atoms with van der Waals surface area (Å²) in [4.78, 5) is 0. The molecule has 0 aliphatic heterocycles. The SMILES string of the molecule is CC(C)CCC(CCC(C)C)NN. The maximum atomic E-state index is 5.50. The Bertz CT molecular complexity index is 98.7. The number of hydrogen-bond acceptors (Lipinski definition) is 2. The zero-order valence-corrected chi connectivity index (χ0v) is 9.64. The van der Waals surface area contributed by atoms with Crippen molar-refractivity contribution in [3.05, 3.63) is 0 Å². The molecule has 0 aromatic rings. The van der Waals surface area contributed by atoms with Crippen LogP contribution < -0.4 is 11.3 Å². The highest BCUT2D eigenvalue weighted by Crippen LogP contribution is 2.13. The van der Waals surface area contributed by atoms with Crippen LogP contribution in [-0.2, 0) is 0 Å². The van der Waals surface area contributed by atoms with Gasteiger partial charge < -0.3 is 0 Å². The Kier molecular flexibility index (Phi) is 7.29. The van der Waals surface area contributed by atoms with E-state index >= 15 is 0 Å². The molecule has 0 atom stereocenters. The van der Waals surface area contributed by atoms with E-state index in [2.05, 4.69) is 33.1 Å². The van der Waals surface area contributed by atoms with Gasteiger partial charge in [0.2, 0.25) is 0 Å². The number of rotatable bonds is 7. The lowest BCUT2D eigenvalue weighted by atomic mass is 9.97. The summed E-state index contributed by atoms with van der Waals surface area (Å²) in [7, 11) is 0. The summed E-state index contributed by atoms with van der Waals surface area (Å²) in [6.07, 6.45) is 4.96. The summed E-state index contributed by atoms with van der Waals surface area (Å²) < 4.78 is 0. The lowest BCUT2D eigenvalue weighted by molar-refractivity contribution is 0.387. The second-order valence-corrected chi connectivity index (χ2v) is 4.81. The van der Waals surface area contributed by atoms with Gasteiger partial charge in [-0.2, -0.15) is 0 Å². The van der Waals surface area contributed by atoms with Crippen LogP contribution in [0.3, 0.4) is 0 Å². The summed E-state index contributed by atoms with van der Waals surface area (Å²) in [5.41, 5.74) is 2.91. The second kappa shape index (κ2) is 7.34. The molecule has 0 rings (SSSR count). The minimum atomic E-state index is 0.518. The van der Waals surface area contributed by atoms with Gasteiger partial charge in [0.1, 0.15) is 0 Å². The van der Waals surface area contributed by atoms with E-state index in [0.29, 0.717) is 6.04 Å². The fourth-order valence-corrected chi connectivity index (χ4v) is 1.38. The van der Waals surface area contributed by atoms with Gasteiger partial charge in [-0.1, -0.05) is 27.7 Å². The zero-order valence-electron chi connectivity index (χ0n) is 9.64. The van der Waals surface area contributed by atoms with Crippen LogP contribution in [-0.4, -0.2) is 6.04 Å². The molecule has 0 aromatic carbocycles. The predicted molar refractivity (Wildman–Crippen MR) is 59.3 cm³/mol. The minimum absolute atomic E-state index is 0.518. The highest BCUT2D eigenvalue weighted by molar-refractivity contribution is 4.65. The minimum Gasteiger partial charge on any atom is -0.271 e. The van der Waals surface area contributed by atoms with Gasteiger partial charge in [-0.25, -0.2) is 0 Å². The molecule has 0 heterocycles. The van der Waals surface area contributed by atoms with E-state index in [0.717, 1.165) is 11.8 Å². The van der Waals surface area contributed by atoms with Crippen molar-refractivity contribution < 1.29 is 0 Å². The zero-order chi connectivity index (χ0) is 10.3. The fraction of sp³-hybridized carbons (Fsp3) is 1.00. The predicted octanol–water partition coefficient (Wildman–Crippen LogP) is 2.69. The third-order valence-corrected chi connectivity index (χ3v) is 2.42. The van der Waals surface area contributed by atoms with Gasteiger partial charge in [-0.3, -0.25) is 11.3 Å². The van der Waals surface area contributed by atoms with Crippen molar-refractivity contribution in [2.45, 2.75) is 59.4 Å². The molecule has 2 heteroatoms. The van der Waals surface area contributed by atoms with Crippen molar-refractivity contribution in [3.8, 4) is 0 Å².